The molecule has 0 spiro atoms. The molecule has 0 N–H and O–H groups in total. The highest BCUT2D eigenvalue weighted by Gasteiger charge is 2.61. The molecule has 12 heteroatoms. The molecule has 2 aliphatic carbocycles. The van der Waals surface area contributed by atoms with Crippen LogP contribution in [0.15, 0.2) is 24.4 Å². The average Bonchev–Trinajstić information content (AvgIpc) is 4.00. The summed E-state index contributed by atoms with van der Waals surface area (Å²) in [6, 6.07) is 4.96. The Morgan fingerprint density at radius 2 is 1.88 bits per heavy atom. The van der Waals surface area contributed by atoms with E-state index >= 15 is 0 Å². The summed E-state index contributed by atoms with van der Waals surface area (Å²) in [7, 11) is -1.92. The Balaban J connectivity index is 1.34. The van der Waals surface area contributed by atoms with E-state index in [1.165, 1.54) is 4.90 Å². The topological polar surface area (TPSA) is 146 Å². The van der Waals surface area contributed by atoms with E-state index in [1.54, 1.807) is 13.3 Å². The Bertz CT molecular complexity index is 1800. The predicted molar refractivity (Wildman–Crippen MR) is 191 cm³/mol. The number of methoxy groups -OCH3 is 1. The van der Waals surface area contributed by atoms with Gasteiger partial charge in [-0.1, -0.05) is 34.1 Å². The number of amides is 1. The van der Waals surface area contributed by atoms with Gasteiger partial charge in [0.25, 0.3) is 0 Å². The molecule has 0 radical (unpaired) electrons. The maximum Gasteiger partial charge on any atom is 0.306 e. The molecule has 2 aromatic rings. The predicted octanol–water partition coefficient (Wildman–Crippen LogP) is 5.44. The summed E-state index contributed by atoms with van der Waals surface area (Å²) in [5.74, 6) is -1.75. The number of carbonyl (C=O) groups excluding carboxylic acids is 4. The first-order valence-electron chi connectivity index (χ1n) is 18.5. The lowest BCUT2D eigenvalue weighted by Gasteiger charge is -2.34. The second kappa shape index (κ2) is 14.5. The summed E-state index contributed by atoms with van der Waals surface area (Å²) in [4.78, 5) is 61.9. The molecule has 1 aromatic heterocycles. The van der Waals surface area contributed by atoms with Gasteiger partial charge in [0.15, 0.2) is 21.4 Å². The first-order valence-corrected chi connectivity index (χ1v) is 20.2. The van der Waals surface area contributed by atoms with Crippen LogP contribution in [-0.4, -0.2) is 85.2 Å². The van der Waals surface area contributed by atoms with Gasteiger partial charge in [0, 0.05) is 29.8 Å². The molecule has 6 rings (SSSR count). The Hall–Kier alpha value is -3.54. The molecular weight excluding hydrogens is 673 g/mol. The van der Waals surface area contributed by atoms with E-state index in [9.17, 15) is 27.6 Å². The lowest BCUT2D eigenvalue weighted by Crippen LogP contribution is -2.48. The third kappa shape index (κ3) is 7.95. The number of pyridine rings is 1. The summed E-state index contributed by atoms with van der Waals surface area (Å²) in [5, 5.41) is 1.22. The number of fused-ring (bicyclic) bond motifs is 3. The van der Waals surface area contributed by atoms with E-state index in [0.29, 0.717) is 38.0 Å². The number of hydrogen-bond acceptors (Lipinski definition) is 10. The Morgan fingerprint density at radius 3 is 2.55 bits per heavy atom. The third-order valence-electron chi connectivity index (χ3n) is 11.5. The maximum atomic E-state index is 14.5. The van der Waals surface area contributed by atoms with Crippen molar-refractivity contribution in [2.45, 2.75) is 116 Å². The van der Waals surface area contributed by atoms with Crippen molar-refractivity contribution in [3.8, 4) is 11.6 Å². The molecular formula is C39H52N2O9S. The number of benzene rings is 1. The minimum Gasteiger partial charge on any atom is -0.496 e. The van der Waals surface area contributed by atoms with E-state index in [0.717, 1.165) is 41.3 Å². The lowest BCUT2D eigenvalue weighted by atomic mass is 9.77. The number of nitrogens with zero attached hydrogens (tertiary/aromatic N) is 2. The number of hydrogen-bond donors (Lipinski definition) is 0. The molecule has 5 atom stereocenters. The number of ketones is 2. The molecule has 3 fully saturated rings. The fourth-order valence-corrected chi connectivity index (χ4v) is 9.87. The third-order valence-corrected chi connectivity index (χ3v) is 13.7. The van der Waals surface area contributed by atoms with Gasteiger partial charge in [-0.05, 0) is 85.4 Å². The van der Waals surface area contributed by atoms with Crippen molar-refractivity contribution < 1.29 is 41.8 Å². The van der Waals surface area contributed by atoms with Crippen molar-refractivity contribution in [1.29, 1.82) is 0 Å². The number of aryl methyl sites for hydroxylation is 1. The number of Topliss-reactive ketones (excluding diaryl/α,β-unsaturated/α-hetero) is 2. The van der Waals surface area contributed by atoms with E-state index < -0.39 is 61.5 Å². The molecule has 0 unspecified atom stereocenters. The second-order valence-electron chi connectivity index (χ2n) is 16.2. The van der Waals surface area contributed by atoms with E-state index in [4.69, 9.17) is 14.2 Å². The van der Waals surface area contributed by atoms with Gasteiger partial charge in [-0.2, -0.15) is 0 Å². The molecule has 11 nitrogen and oxygen atoms in total. The molecule has 278 valence electrons. The van der Waals surface area contributed by atoms with Gasteiger partial charge >= 0.3 is 5.97 Å². The fraction of sp³-hybridized carbons (Fsp3) is 0.667. The van der Waals surface area contributed by atoms with Crippen LogP contribution in [-0.2, 0) is 40.2 Å². The SMILES string of the molecule is CC[C@H]1C[C@]1(CC(=O)[C@@H]1C[C@@H]2CN1C(=O)[C@H](C(C)(C)C)CC(=O)OCCCCCc1cc3c(nccc3cc1OC)O2)C(=O)CS(=O)(=O)C1CC1. The van der Waals surface area contributed by atoms with Gasteiger partial charge in [0.05, 0.1) is 43.9 Å². The van der Waals surface area contributed by atoms with Crippen LogP contribution in [0, 0.1) is 22.7 Å². The minimum atomic E-state index is -3.56. The van der Waals surface area contributed by atoms with Gasteiger partial charge < -0.3 is 19.1 Å². The number of ether oxygens (including phenoxy) is 3. The summed E-state index contributed by atoms with van der Waals surface area (Å²) < 4.78 is 43.6. The van der Waals surface area contributed by atoms with Crippen molar-refractivity contribution in [2.75, 3.05) is 26.0 Å². The van der Waals surface area contributed by atoms with Crippen LogP contribution in [0.4, 0.5) is 0 Å². The number of aromatic nitrogens is 1. The quantitative estimate of drug-likeness (QED) is 0.307. The van der Waals surface area contributed by atoms with Crippen LogP contribution in [0.25, 0.3) is 10.8 Å². The zero-order valence-corrected chi connectivity index (χ0v) is 31.4. The summed E-state index contributed by atoms with van der Waals surface area (Å²) >= 11 is 0. The van der Waals surface area contributed by atoms with Crippen LogP contribution in [0.3, 0.4) is 0 Å². The standard InChI is InChI=1S/C39H52N2O9S/c1-6-26-20-39(26,34(43)23-51(46,47)28-11-12-28)21-32(42)31-18-27-22-41(31)37(45)30(38(2,3)4)19-35(44)49-15-9-7-8-10-25-16-29-24(17-33(25)48-5)13-14-40-36(29)50-27/h13-14,16-17,26-28,30-31H,6-12,15,18-23H2,1-5H3/t26-,27+,30+,31-,39+/m0/s1. The zero-order valence-electron chi connectivity index (χ0n) is 30.6. The average molecular weight is 725 g/mol. The summed E-state index contributed by atoms with van der Waals surface area (Å²) in [6.45, 7) is 7.97. The number of cyclic esters (lactones) is 1. The molecule has 51 heavy (non-hydrogen) atoms. The molecule has 1 saturated heterocycles. The van der Waals surface area contributed by atoms with Gasteiger partial charge in [-0.25, -0.2) is 13.4 Å². The second-order valence-corrected chi connectivity index (χ2v) is 18.5. The maximum absolute atomic E-state index is 14.5. The molecule has 4 bridgehead atoms. The van der Waals surface area contributed by atoms with Gasteiger partial charge in [0.2, 0.25) is 11.8 Å². The van der Waals surface area contributed by atoms with Crippen molar-refractivity contribution in [3.63, 3.8) is 0 Å². The van der Waals surface area contributed by atoms with E-state index in [2.05, 4.69) is 4.98 Å². The number of rotatable bonds is 9. The van der Waals surface area contributed by atoms with Gasteiger partial charge in [-0.15, -0.1) is 0 Å². The van der Waals surface area contributed by atoms with Gasteiger partial charge in [0.1, 0.15) is 17.6 Å². The molecule has 1 aromatic carbocycles. The largest absolute Gasteiger partial charge is 0.496 e. The van der Waals surface area contributed by atoms with Crippen molar-refractivity contribution in [3.05, 3.63) is 30.0 Å². The highest BCUT2D eigenvalue weighted by atomic mass is 32.2. The number of sulfone groups is 1. The Kier molecular flexibility index (Phi) is 10.6. The summed E-state index contributed by atoms with van der Waals surface area (Å²) in [5.41, 5.74) is -0.680. The van der Waals surface area contributed by atoms with Crippen LogP contribution in [0.1, 0.15) is 97.5 Å². The van der Waals surface area contributed by atoms with Crippen molar-refractivity contribution in [1.82, 2.24) is 9.88 Å². The molecule has 1 amide bonds. The zero-order chi connectivity index (χ0) is 36.7. The van der Waals surface area contributed by atoms with Crippen molar-refractivity contribution >= 4 is 44.1 Å². The van der Waals surface area contributed by atoms with Crippen LogP contribution < -0.4 is 9.47 Å². The molecule has 2 aliphatic heterocycles. The van der Waals surface area contributed by atoms with Crippen LogP contribution >= 0.6 is 0 Å². The van der Waals surface area contributed by atoms with Crippen LogP contribution in [0.5, 0.6) is 11.6 Å². The van der Waals surface area contributed by atoms with Crippen molar-refractivity contribution in [2.24, 2.45) is 22.7 Å². The summed E-state index contributed by atoms with van der Waals surface area (Å²) in [6.07, 6.45) is 6.34. The highest BCUT2D eigenvalue weighted by molar-refractivity contribution is 7.93. The molecule has 2 saturated carbocycles. The van der Waals surface area contributed by atoms with E-state index in [1.807, 2.05) is 45.9 Å². The monoisotopic (exact) mass is 724 g/mol. The van der Waals surface area contributed by atoms with E-state index in [-0.39, 0.29) is 50.0 Å². The first kappa shape index (κ1) is 37.2. The number of carbonyl (C=O) groups is 4. The fourth-order valence-electron chi connectivity index (χ4n) is 8.13. The van der Waals surface area contributed by atoms with Crippen LogP contribution in [0.2, 0.25) is 0 Å². The normalized spacial score (nSPS) is 27.7. The molecule has 3 heterocycles. The molecule has 4 aliphatic rings. The smallest absolute Gasteiger partial charge is 0.306 e. The van der Waals surface area contributed by atoms with Gasteiger partial charge in [-0.3, -0.25) is 19.2 Å². The Morgan fingerprint density at radius 1 is 1.12 bits per heavy atom. The lowest BCUT2D eigenvalue weighted by molar-refractivity contribution is -0.153. The minimum absolute atomic E-state index is 0.0894. The Labute approximate surface area is 301 Å². The highest BCUT2D eigenvalue weighted by Crippen LogP contribution is 2.58. The first-order chi connectivity index (χ1) is 24.2. The number of esters is 1.